The van der Waals surface area contributed by atoms with Crippen LogP contribution in [-0.4, -0.2) is 5.11 Å². The van der Waals surface area contributed by atoms with E-state index in [9.17, 15) is 5.11 Å². The van der Waals surface area contributed by atoms with Crippen molar-refractivity contribution in [2.45, 2.75) is 47.5 Å². The van der Waals surface area contributed by atoms with Crippen LogP contribution in [0.1, 0.15) is 38.9 Å². The summed E-state index contributed by atoms with van der Waals surface area (Å²) in [5.41, 5.74) is 7.92. The maximum Gasteiger partial charge on any atom is 0.123 e. The minimum atomic E-state index is -0.0549. The minimum Gasteiger partial charge on any atom is -0.489 e. The summed E-state index contributed by atoms with van der Waals surface area (Å²) >= 11 is 0. The zero-order chi connectivity index (χ0) is 20.1. The first-order valence-electron chi connectivity index (χ1n) is 9.56. The number of aryl methyl sites for hydroxylation is 4. The number of aliphatic hydroxyl groups excluding tert-OH is 1. The third-order valence-electron chi connectivity index (χ3n) is 4.50. The van der Waals surface area contributed by atoms with Gasteiger partial charge >= 0.3 is 0 Å². The van der Waals surface area contributed by atoms with Crippen molar-refractivity contribution in [3.63, 3.8) is 0 Å². The highest BCUT2D eigenvalue weighted by Crippen LogP contribution is 2.25. The van der Waals surface area contributed by atoms with E-state index in [1.807, 2.05) is 18.2 Å². The highest BCUT2D eigenvalue weighted by molar-refractivity contribution is 5.39. The molecule has 0 aliphatic heterocycles. The van der Waals surface area contributed by atoms with E-state index < -0.39 is 0 Å². The van der Waals surface area contributed by atoms with Gasteiger partial charge < -0.3 is 14.6 Å². The highest BCUT2D eigenvalue weighted by atomic mass is 16.5. The van der Waals surface area contributed by atoms with Crippen LogP contribution >= 0.6 is 0 Å². The third-order valence-corrected chi connectivity index (χ3v) is 4.50. The Hall–Kier alpha value is -2.78. The van der Waals surface area contributed by atoms with Crippen molar-refractivity contribution < 1.29 is 14.6 Å². The predicted octanol–water partition coefficient (Wildman–Crippen LogP) is 5.57. The molecule has 0 aliphatic carbocycles. The van der Waals surface area contributed by atoms with Gasteiger partial charge in [0, 0.05) is 6.07 Å². The van der Waals surface area contributed by atoms with Crippen molar-refractivity contribution in [1.82, 2.24) is 0 Å². The van der Waals surface area contributed by atoms with E-state index >= 15 is 0 Å². The number of rotatable bonds is 7. The van der Waals surface area contributed by atoms with E-state index in [1.165, 1.54) is 22.3 Å². The number of benzene rings is 3. The molecule has 3 rings (SSSR count). The van der Waals surface area contributed by atoms with Gasteiger partial charge in [-0.3, -0.25) is 0 Å². The maximum atomic E-state index is 9.59. The summed E-state index contributed by atoms with van der Waals surface area (Å²) in [7, 11) is 0. The van der Waals surface area contributed by atoms with E-state index in [0.717, 1.165) is 16.7 Å². The molecular weight excluding hydrogens is 348 g/mol. The summed E-state index contributed by atoms with van der Waals surface area (Å²) in [5, 5.41) is 9.59. The van der Waals surface area contributed by atoms with Crippen LogP contribution in [0, 0.1) is 27.7 Å². The van der Waals surface area contributed by atoms with Crippen molar-refractivity contribution in [2.75, 3.05) is 0 Å². The summed E-state index contributed by atoms with van der Waals surface area (Å²) in [6, 6.07) is 18.4. The smallest absolute Gasteiger partial charge is 0.123 e. The second-order valence-electron chi connectivity index (χ2n) is 7.54. The zero-order valence-corrected chi connectivity index (χ0v) is 17.1. The number of aliphatic hydroxyl groups is 1. The second kappa shape index (κ2) is 8.94. The molecular formula is C25H28O3. The Bertz CT molecular complexity index is 846. The van der Waals surface area contributed by atoms with Crippen molar-refractivity contribution in [1.29, 1.82) is 0 Å². The molecule has 3 aromatic carbocycles. The molecule has 0 aliphatic rings. The zero-order valence-electron chi connectivity index (χ0n) is 17.1. The van der Waals surface area contributed by atoms with Gasteiger partial charge in [0.1, 0.15) is 24.7 Å². The summed E-state index contributed by atoms with van der Waals surface area (Å²) in [4.78, 5) is 0. The SMILES string of the molecule is Cc1cc(C)cc(COc2cc(CO)cc(OCc3cc(C)cc(C)c3)c2)c1. The minimum absolute atomic E-state index is 0.0549. The van der Waals surface area contributed by atoms with Gasteiger partial charge in [0.15, 0.2) is 0 Å². The molecule has 0 fully saturated rings. The van der Waals surface area contributed by atoms with Gasteiger partial charge in [-0.15, -0.1) is 0 Å². The monoisotopic (exact) mass is 376 g/mol. The predicted molar refractivity (Wildman–Crippen MR) is 113 cm³/mol. The fourth-order valence-electron chi connectivity index (χ4n) is 3.53. The summed E-state index contributed by atoms with van der Waals surface area (Å²) in [6.45, 7) is 9.25. The van der Waals surface area contributed by atoms with Crippen LogP contribution in [0.5, 0.6) is 11.5 Å². The van der Waals surface area contributed by atoms with Crippen LogP contribution in [0.4, 0.5) is 0 Å². The van der Waals surface area contributed by atoms with Gasteiger partial charge in [-0.05, 0) is 56.5 Å². The van der Waals surface area contributed by atoms with E-state index in [2.05, 4.69) is 64.1 Å². The lowest BCUT2D eigenvalue weighted by Crippen LogP contribution is -2.00. The van der Waals surface area contributed by atoms with Crippen molar-refractivity contribution in [3.05, 3.63) is 93.5 Å². The van der Waals surface area contributed by atoms with Crippen molar-refractivity contribution >= 4 is 0 Å². The van der Waals surface area contributed by atoms with Crippen LogP contribution < -0.4 is 9.47 Å². The molecule has 1 N–H and O–H groups in total. The Morgan fingerprint density at radius 3 is 1.29 bits per heavy atom. The Morgan fingerprint density at radius 2 is 0.929 bits per heavy atom. The first-order valence-corrected chi connectivity index (χ1v) is 9.56. The largest absolute Gasteiger partial charge is 0.489 e. The molecule has 0 amide bonds. The topological polar surface area (TPSA) is 38.7 Å². The number of ether oxygens (including phenoxy) is 2. The Balaban J connectivity index is 1.72. The molecule has 0 unspecified atom stereocenters. The third kappa shape index (κ3) is 5.61. The molecule has 0 spiro atoms. The van der Waals surface area contributed by atoms with Gasteiger partial charge in [0.05, 0.1) is 6.61 Å². The van der Waals surface area contributed by atoms with Crippen molar-refractivity contribution in [2.24, 2.45) is 0 Å². The molecule has 0 aromatic heterocycles. The van der Waals surface area contributed by atoms with Crippen LogP contribution in [-0.2, 0) is 19.8 Å². The normalized spacial score (nSPS) is 10.8. The average molecular weight is 376 g/mol. The average Bonchev–Trinajstić information content (AvgIpc) is 2.63. The highest BCUT2D eigenvalue weighted by Gasteiger charge is 2.06. The van der Waals surface area contributed by atoms with Gasteiger partial charge in [-0.1, -0.05) is 58.7 Å². The number of hydrogen-bond acceptors (Lipinski definition) is 3. The Labute approximate surface area is 167 Å². The molecule has 0 atom stereocenters. The van der Waals surface area contributed by atoms with E-state index in [1.54, 1.807) is 0 Å². The summed E-state index contributed by atoms with van der Waals surface area (Å²) in [6.07, 6.45) is 0. The number of hydrogen-bond donors (Lipinski definition) is 1. The molecule has 0 saturated carbocycles. The van der Waals surface area contributed by atoms with Gasteiger partial charge in [-0.25, -0.2) is 0 Å². The maximum absolute atomic E-state index is 9.59. The van der Waals surface area contributed by atoms with Crippen LogP contribution in [0.15, 0.2) is 54.6 Å². The van der Waals surface area contributed by atoms with Crippen LogP contribution in [0.3, 0.4) is 0 Å². The molecule has 0 bridgehead atoms. The van der Waals surface area contributed by atoms with Crippen molar-refractivity contribution in [3.8, 4) is 11.5 Å². The Morgan fingerprint density at radius 1 is 0.536 bits per heavy atom. The molecule has 0 heterocycles. The molecule has 3 nitrogen and oxygen atoms in total. The van der Waals surface area contributed by atoms with Crippen LogP contribution in [0.2, 0.25) is 0 Å². The molecule has 0 radical (unpaired) electrons. The molecule has 28 heavy (non-hydrogen) atoms. The molecule has 3 heteroatoms. The van der Waals surface area contributed by atoms with E-state index in [4.69, 9.17) is 9.47 Å². The standard InChI is InChI=1S/C25H28O3/c1-17-5-18(2)8-22(7-17)15-27-24-11-21(14-26)12-25(13-24)28-16-23-9-19(3)6-20(4)10-23/h5-13,26H,14-16H2,1-4H3. The molecule has 146 valence electrons. The summed E-state index contributed by atoms with van der Waals surface area (Å²) in [5.74, 6) is 1.39. The fraction of sp³-hybridized carbons (Fsp3) is 0.280. The fourth-order valence-corrected chi connectivity index (χ4v) is 3.53. The Kier molecular flexibility index (Phi) is 6.37. The van der Waals surface area contributed by atoms with Gasteiger partial charge in [-0.2, -0.15) is 0 Å². The molecule has 0 saturated heterocycles. The lowest BCUT2D eigenvalue weighted by Gasteiger charge is -2.13. The van der Waals surface area contributed by atoms with Gasteiger partial charge in [0.25, 0.3) is 0 Å². The second-order valence-corrected chi connectivity index (χ2v) is 7.54. The molecule has 3 aromatic rings. The van der Waals surface area contributed by atoms with E-state index in [-0.39, 0.29) is 6.61 Å². The lowest BCUT2D eigenvalue weighted by molar-refractivity contribution is 0.271. The lowest BCUT2D eigenvalue weighted by atomic mass is 10.1. The first-order chi connectivity index (χ1) is 13.4. The summed E-state index contributed by atoms with van der Waals surface area (Å²) < 4.78 is 12.0. The van der Waals surface area contributed by atoms with E-state index in [0.29, 0.717) is 24.7 Å². The first kappa shape index (κ1) is 20.0. The van der Waals surface area contributed by atoms with Crippen LogP contribution in [0.25, 0.3) is 0 Å². The van der Waals surface area contributed by atoms with Gasteiger partial charge in [0.2, 0.25) is 0 Å². The quantitative estimate of drug-likeness (QED) is 0.586.